The lowest BCUT2D eigenvalue weighted by molar-refractivity contribution is -0.121. The zero-order valence-corrected chi connectivity index (χ0v) is 10.3. The van der Waals surface area contributed by atoms with E-state index < -0.39 is 5.38 Å². The minimum Gasteiger partial charge on any atom is -0.352 e. The Morgan fingerprint density at radius 1 is 1.43 bits per heavy atom. The first-order chi connectivity index (χ1) is 6.63. The highest BCUT2D eigenvalue weighted by molar-refractivity contribution is 7.99. The van der Waals surface area contributed by atoms with Crippen molar-refractivity contribution in [2.75, 3.05) is 6.26 Å². The van der Waals surface area contributed by atoms with Crippen molar-refractivity contribution >= 4 is 29.3 Å². The van der Waals surface area contributed by atoms with Gasteiger partial charge in [0.25, 0.3) is 0 Å². The fraction of sp³-hybridized carbons (Fsp3) is 0.900. The molecule has 1 rings (SSSR count). The summed E-state index contributed by atoms with van der Waals surface area (Å²) >= 11 is 7.62. The highest BCUT2D eigenvalue weighted by atomic mass is 35.5. The van der Waals surface area contributed by atoms with Crippen LogP contribution in [0.5, 0.6) is 0 Å². The van der Waals surface area contributed by atoms with E-state index in [-0.39, 0.29) is 5.91 Å². The van der Waals surface area contributed by atoms with Gasteiger partial charge in [0.15, 0.2) is 0 Å². The van der Waals surface area contributed by atoms with Crippen molar-refractivity contribution in [3.8, 4) is 0 Å². The standard InChI is InChI=1S/C10H18ClNOS/c1-7(11)10(13)12-8-3-5-9(14-2)6-4-8/h7-9H,3-6H2,1-2H3,(H,12,13). The number of thioether (sulfide) groups is 1. The molecule has 0 aromatic rings. The van der Waals surface area contributed by atoms with Crippen LogP contribution in [0.15, 0.2) is 0 Å². The summed E-state index contributed by atoms with van der Waals surface area (Å²) in [5.74, 6) is -0.0285. The van der Waals surface area contributed by atoms with Crippen LogP contribution in [0.4, 0.5) is 0 Å². The molecule has 0 bridgehead atoms. The quantitative estimate of drug-likeness (QED) is 0.762. The van der Waals surface area contributed by atoms with Crippen LogP contribution in [0.1, 0.15) is 32.6 Å². The molecule has 0 spiro atoms. The minimum atomic E-state index is -0.409. The number of carbonyl (C=O) groups excluding carboxylic acids is 1. The van der Waals surface area contributed by atoms with Crippen molar-refractivity contribution in [1.29, 1.82) is 0 Å². The largest absolute Gasteiger partial charge is 0.352 e. The molecule has 0 aromatic heterocycles. The Labute approximate surface area is 95.2 Å². The van der Waals surface area contributed by atoms with Gasteiger partial charge in [-0.1, -0.05) is 0 Å². The van der Waals surface area contributed by atoms with E-state index in [1.54, 1.807) is 6.92 Å². The molecule has 1 aliphatic carbocycles. The molecule has 1 amide bonds. The van der Waals surface area contributed by atoms with Crippen molar-refractivity contribution in [1.82, 2.24) is 5.32 Å². The Morgan fingerprint density at radius 3 is 2.43 bits per heavy atom. The summed E-state index contributed by atoms with van der Waals surface area (Å²) < 4.78 is 0. The first-order valence-corrected chi connectivity index (χ1v) is 6.83. The highest BCUT2D eigenvalue weighted by Gasteiger charge is 2.22. The minimum absolute atomic E-state index is 0.0285. The second-order valence-corrected chi connectivity index (χ2v) is 5.63. The molecule has 0 heterocycles. The van der Waals surface area contributed by atoms with Crippen LogP contribution in [-0.4, -0.2) is 28.8 Å². The van der Waals surface area contributed by atoms with Crippen LogP contribution < -0.4 is 5.32 Å². The van der Waals surface area contributed by atoms with Crippen molar-refractivity contribution < 1.29 is 4.79 Å². The van der Waals surface area contributed by atoms with Gasteiger partial charge in [-0.05, 0) is 38.9 Å². The first kappa shape index (κ1) is 12.2. The van der Waals surface area contributed by atoms with Crippen LogP contribution in [0.2, 0.25) is 0 Å². The molecule has 82 valence electrons. The van der Waals surface area contributed by atoms with Gasteiger partial charge >= 0.3 is 0 Å². The molecule has 1 N–H and O–H groups in total. The average Bonchev–Trinajstić information content (AvgIpc) is 2.19. The van der Waals surface area contributed by atoms with Crippen molar-refractivity contribution in [2.24, 2.45) is 0 Å². The Balaban J connectivity index is 2.25. The van der Waals surface area contributed by atoms with Crippen LogP contribution in [0, 0.1) is 0 Å². The van der Waals surface area contributed by atoms with E-state index in [1.807, 2.05) is 11.8 Å². The summed E-state index contributed by atoms with van der Waals surface area (Å²) in [7, 11) is 0. The third kappa shape index (κ3) is 3.70. The van der Waals surface area contributed by atoms with Crippen LogP contribution >= 0.6 is 23.4 Å². The molecule has 1 aliphatic rings. The Bertz CT molecular complexity index is 191. The lowest BCUT2D eigenvalue weighted by Crippen LogP contribution is -2.41. The molecule has 0 aromatic carbocycles. The van der Waals surface area contributed by atoms with Gasteiger partial charge in [0.1, 0.15) is 5.38 Å². The molecule has 1 unspecified atom stereocenters. The van der Waals surface area contributed by atoms with Gasteiger partial charge in [0.05, 0.1) is 0 Å². The topological polar surface area (TPSA) is 29.1 Å². The number of hydrogen-bond donors (Lipinski definition) is 1. The Morgan fingerprint density at radius 2 is 2.00 bits per heavy atom. The summed E-state index contributed by atoms with van der Waals surface area (Å²) in [4.78, 5) is 11.3. The lowest BCUT2D eigenvalue weighted by atomic mass is 9.95. The van der Waals surface area contributed by atoms with E-state index in [9.17, 15) is 4.79 Å². The summed E-state index contributed by atoms with van der Waals surface area (Å²) in [5.41, 5.74) is 0. The van der Waals surface area contributed by atoms with E-state index in [1.165, 1.54) is 12.8 Å². The van der Waals surface area contributed by atoms with E-state index in [4.69, 9.17) is 11.6 Å². The zero-order valence-electron chi connectivity index (χ0n) is 8.75. The Kier molecular flexibility index (Phi) is 5.10. The molecule has 0 radical (unpaired) electrons. The molecule has 2 nitrogen and oxygen atoms in total. The number of carbonyl (C=O) groups is 1. The van der Waals surface area contributed by atoms with Gasteiger partial charge in [-0.2, -0.15) is 11.8 Å². The van der Waals surface area contributed by atoms with Crippen molar-refractivity contribution in [3.63, 3.8) is 0 Å². The molecule has 0 aliphatic heterocycles. The van der Waals surface area contributed by atoms with Gasteiger partial charge in [-0.25, -0.2) is 0 Å². The predicted octanol–water partition coefficient (Wildman–Crippen LogP) is 2.40. The van der Waals surface area contributed by atoms with E-state index in [2.05, 4.69) is 11.6 Å². The van der Waals surface area contributed by atoms with Crippen LogP contribution in [0.25, 0.3) is 0 Å². The molecular weight excluding hydrogens is 218 g/mol. The highest BCUT2D eigenvalue weighted by Crippen LogP contribution is 2.26. The molecule has 4 heteroatoms. The molecule has 1 saturated carbocycles. The second kappa shape index (κ2) is 5.86. The summed E-state index contributed by atoms with van der Waals surface area (Å²) in [5, 5.41) is 3.36. The zero-order chi connectivity index (χ0) is 10.6. The maximum atomic E-state index is 11.3. The number of hydrogen-bond acceptors (Lipinski definition) is 2. The van der Waals surface area contributed by atoms with Crippen molar-refractivity contribution in [3.05, 3.63) is 0 Å². The van der Waals surface area contributed by atoms with E-state index >= 15 is 0 Å². The summed E-state index contributed by atoms with van der Waals surface area (Å²) in [6.45, 7) is 1.71. The van der Waals surface area contributed by atoms with E-state index in [0.717, 1.165) is 18.1 Å². The molecule has 1 atom stereocenters. The third-order valence-corrected chi connectivity index (χ3v) is 4.05. The van der Waals surface area contributed by atoms with Crippen LogP contribution in [0.3, 0.4) is 0 Å². The smallest absolute Gasteiger partial charge is 0.237 e. The fourth-order valence-electron chi connectivity index (χ4n) is 1.76. The normalized spacial score (nSPS) is 29.6. The van der Waals surface area contributed by atoms with Gasteiger partial charge in [-0.3, -0.25) is 4.79 Å². The fourth-order valence-corrected chi connectivity index (χ4v) is 2.57. The van der Waals surface area contributed by atoms with Crippen molar-refractivity contribution in [2.45, 2.75) is 49.3 Å². The number of nitrogens with one attached hydrogen (secondary N) is 1. The molecule has 1 fully saturated rings. The number of halogens is 1. The number of rotatable bonds is 3. The van der Waals surface area contributed by atoms with Gasteiger partial charge in [0.2, 0.25) is 5.91 Å². The summed E-state index contributed by atoms with van der Waals surface area (Å²) in [6.07, 6.45) is 6.78. The van der Waals surface area contributed by atoms with E-state index in [0.29, 0.717) is 6.04 Å². The third-order valence-electron chi connectivity index (χ3n) is 2.72. The Hall–Kier alpha value is 0.110. The molecule has 14 heavy (non-hydrogen) atoms. The molecular formula is C10H18ClNOS. The first-order valence-electron chi connectivity index (χ1n) is 5.10. The maximum Gasteiger partial charge on any atom is 0.237 e. The number of alkyl halides is 1. The maximum absolute atomic E-state index is 11.3. The summed E-state index contributed by atoms with van der Waals surface area (Å²) in [6, 6.07) is 0.354. The second-order valence-electron chi connectivity index (χ2n) is 3.83. The van der Waals surface area contributed by atoms with Gasteiger partial charge in [-0.15, -0.1) is 11.6 Å². The van der Waals surface area contributed by atoms with Gasteiger partial charge in [0, 0.05) is 11.3 Å². The predicted molar refractivity (Wildman–Crippen MR) is 63.0 cm³/mol. The lowest BCUT2D eigenvalue weighted by Gasteiger charge is -2.28. The number of amides is 1. The monoisotopic (exact) mass is 235 g/mol. The van der Waals surface area contributed by atoms with Crippen LogP contribution in [-0.2, 0) is 4.79 Å². The molecule has 0 saturated heterocycles. The SMILES string of the molecule is CSC1CCC(NC(=O)C(C)Cl)CC1. The van der Waals surface area contributed by atoms with Gasteiger partial charge < -0.3 is 5.32 Å². The average molecular weight is 236 g/mol.